The predicted octanol–water partition coefficient (Wildman–Crippen LogP) is 2.65. The molecule has 1 saturated heterocycles. The molecule has 4 nitrogen and oxygen atoms in total. The van der Waals surface area contributed by atoms with E-state index in [1.54, 1.807) is 6.20 Å². The molecule has 1 N–H and O–H groups in total. The number of nitrogens with zero attached hydrogens (tertiary/aromatic N) is 1. The average Bonchev–Trinajstić information content (AvgIpc) is 2.95. The molecule has 2 aromatic rings. The van der Waals surface area contributed by atoms with E-state index in [4.69, 9.17) is 4.74 Å². The summed E-state index contributed by atoms with van der Waals surface area (Å²) < 4.78 is 7.55. The Hall–Kier alpha value is -1.81. The van der Waals surface area contributed by atoms with Crippen molar-refractivity contribution < 1.29 is 14.6 Å². The van der Waals surface area contributed by atoms with Gasteiger partial charge in [-0.05, 0) is 18.9 Å². The lowest BCUT2D eigenvalue weighted by molar-refractivity contribution is 0.0595. The number of para-hydroxylation sites is 1. The second-order valence-electron chi connectivity index (χ2n) is 4.24. The molecule has 2 heterocycles. The predicted molar refractivity (Wildman–Crippen MR) is 63.1 cm³/mol. The summed E-state index contributed by atoms with van der Waals surface area (Å²) in [7, 11) is 0. The lowest BCUT2D eigenvalue weighted by atomic mass is 10.2. The number of aromatic carboxylic acids is 1. The first-order valence-corrected chi connectivity index (χ1v) is 5.72. The van der Waals surface area contributed by atoms with E-state index in [9.17, 15) is 9.90 Å². The largest absolute Gasteiger partial charge is 0.478 e. The molecule has 1 aliphatic heterocycles. The standard InChI is InChI=1S/C13H13NO3/c15-13(16)10-8-14(12-6-3-7-17-12)11-5-2-1-4-9(10)11/h1-2,4-5,8,12H,3,6-7H2,(H,15,16). The minimum Gasteiger partial charge on any atom is -0.478 e. The molecule has 1 aromatic heterocycles. The summed E-state index contributed by atoms with van der Waals surface area (Å²) in [6.45, 7) is 0.750. The van der Waals surface area contributed by atoms with Gasteiger partial charge in [-0.25, -0.2) is 4.79 Å². The number of fused-ring (bicyclic) bond motifs is 1. The highest BCUT2D eigenvalue weighted by atomic mass is 16.5. The first-order valence-electron chi connectivity index (χ1n) is 5.72. The summed E-state index contributed by atoms with van der Waals surface area (Å²) in [5.74, 6) is -0.891. The van der Waals surface area contributed by atoms with Crippen LogP contribution in [0.2, 0.25) is 0 Å². The van der Waals surface area contributed by atoms with Crippen molar-refractivity contribution in [3.63, 3.8) is 0 Å². The molecule has 0 spiro atoms. The maximum absolute atomic E-state index is 11.2. The van der Waals surface area contributed by atoms with E-state index in [0.717, 1.165) is 30.4 Å². The number of hydrogen-bond acceptors (Lipinski definition) is 2. The molecule has 0 amide bonds. The molecule has 1 aromatic carbocycles. The lowest BCUT2D eigenvalue weighted by Crippen LogP contribution is -2.05. The third-order valence-electron chi connectivity index (χ3n) is 3.19. The van der Waals surface area contributed by atoms with E-state index in [1.807, 2.05) is 28.8 Å². The van der Waals surface area contributed by atoms with Crippen LogP contribution in [0, 0.1) is 0 Å². The number of rotatable bonds is 2. The van der Waals surface area contributed by atoms with Crippen molar-refractivity contribution >= 4 is 16.9 Å². The molecule has 3 rings (SSSR count). The highest BCUT2D eigenvalue weighted by molar-refractivity contribution is 6.03. The Balaban J connectivity index is 2.20. The average molecular weight is 231 g/mol. The van der Waals surface area contributed by atoms with E-state index in [-0.39, 0.29) is 6.23 Å². The maximum atomic E-state index is 11.2. The van der Waals surface area contributed by atoms with Gasteiger partial charge >= 0.3 is 5.97 Å². The Labute approximate surface area is 98.4 Å². The van der Waals surface area contributed by atoms with E-state index in [2.05, 4.69) is 0 Å². The number of carboxylic acids is 1. The molecular weight excluding hydrogens is 218 g/mol. The van der Waals surface area contributed by atoms with E-state index < -0.39 is 5.97 Å². The van der Waals surface area contributed by atoms with Crippen molar-refractivity contribution in [1.29, 1.82) is 0 Å². The Morgan fingerprint density at radius 3 is 2.94 bits per heavy atom. The van der Waals surface area contributed by atoms with Crippen LogP contribution in [0.5, 0.6) is 0 Å². The molecular formula is C13H13NO3. The Morgan fingerprint density at radius 2 is 2.24 bits per heavy atom. The van der Waals surface area contributed by atoms with Gasteiger partial charge < -0.3 is 14.4 Å². The summed E-state index contributed by atoms with van der Waals surface area (Å²) in [4.78, 5) is 11.2. The van der Waals surface area contributed by atoms with Gasteiger partial charge in [0.2, 0.25) is 0 Å². The van der Waals surface area contributed by atoms with Crippen LogP contribution in [0.4, 0.5) is 0 Å². The molecule has 0 saturated carbocycles. The number of benzene rings is 1. The van der Waals surface area contributed by atoms with Crippen LogP contribution in [0.25, 0.3) is 10.9 Å². The van der Waals surface area contributed by atoms with Gasteiger partial charge in [0, 0.05) is 18.2 Å². The fourth-order valence-electron chi connectivity index (χ4n) is 2.39. The minimum atomic E-state index is -0.891. The first kappa shape index (κ1) is 10.4. The maximum Gasteiger partial charge on any atom is 0.337 e. The SMILES string of the molecule is O=C(O)c1cn(C2CCCO2)c2ccccc12. The van der Waals surface area contributed by atoms with Crippen LogP contribution in [-0.4, -0.2) is 22.2 Å². The van der Waals surface area contributed by atoms with Crippen molar-refractivity contribution in [2.45, 2.75) is 19.1 Å². The quantitative estimate of drug-likeness (QED) is 0.864. The summed E-state index contributed by atoms with van der Waals surface area (Å²) in [6, 6.07) is 7.54. The molecule has 17 heavy (non-hydrogen) atoms. The Kier molecular flexibility index (Phi) is 2.37. The topological polar surface area (TPSA) is 51.5 Å². The monoisotopic (exact) mass is 231 g/mol. The lowest BCUT2D eigenvalue weighted by Gasteiger charge is -2.12. The van der Waals surface area contributed by atoms with Crippen molar-refractivity contribution in [3.05, 3.63) is 36.0 Å². The van der Waals surface area contributed by atoms with Gasteiger partial charge in [-0.3, -0.25) is 0 Å². The zero-order valence-electron chi connectivity index (χ0n) is 9.30. The van der Waals surface area contributed by atoms with Gasteiger partial charge in [0.1, 0.15) is 6.23 Å². The third-order valence-corrected chi connectivity index (χ3v) is 3.19. The summed E-state index contributed by atoms with van der Waals surface area (Å²) in [5.41, 5.74) is 1.27. The van der Waals surface area contributed by atoms with Crippen LogP contribution in [0.3, 0.4) is 0 Å². The van der Waals surface area contributed by atoms with E-state index >= 15 is 0 Å². The number of aromatic nitrogens is 1. The van der Waals surface area contributed by atoms with Crippen molar-refractivity contribution in [3.8, 4) is 0 Å². The van der Waals surface area contributed by atoms with Crippen molar-refractivity contribution in [2.24, 2.45) is 0 Å². The molecule has 88 valence electrons. The van der Waals surface area contributed by atoms with Gasteiger partial charge in [-0.2, -0.15) is 0 Å². The molecule has 1 aliphatic rings. The Morgan fingerprint density at radius 1 is 1.41 bits per heavy atom. The number of ether oxygens (including phenoxy) is 1. The minimum absolute atomic E-state index is 0.0204. The first-order chi connectivity index (χ1) is 8.27. The van der Waals surface area contributed by atoms with Gasteiger partial charge in [0.05, 0.1) is 11.1 Å². The number of carboxylic acid groups (broad SMARTS) is 1. The van der Waals surface area contributed by atoms with Crippen LogP contribution in [-0.2, 0) is 4.74 Å². The van der Waals surface area contributed by atoms with Crippen LogP contribution in [0.15, 0.2) is 30.5 Å². The molecule has 1 unspecified atom stereocenters. The van der Waals surface area contributed by atoms with Gasteiger partial charge in [0.15, 0.2) is 0 Å². The summed E-state index contributed by atoms with van der Waals surface area (Å²) in [5, 5.41) is 9.96. The van der Waals surface area contributed by atoms with E-state index in [1.165, 1.54) is 0 Å². The third kappa shape index (κ3) is 1.61. The molecule has 1 fully saturated rings. The molecule has 4 heteroatoms. The van der Waals surface area contributed by atoms with Gasteiger partial charge in [-0.1, -0.05) is 18.2 Å². The zero-order valence-corrected chi connectivity index (χ0v) is 9.30. The van der Waals surface area contributed by atoms with Crippen LogP contribution < -0.4 is 0 Å². The number of hydrogen-bond donors (Lipinski definition) is 1. The fourth-order valence-corrected chi connectivity index (χ4v) is 2.39. The summed E-state index contributed by atoms with van der Waals surface area (Å²) >= 11 is 0. The normalized spacial score (nSPS) is 19.9. The highest BCUT2D eigenvalue weighted by Crippen LogP contribution is 2.30. The molecule has 0 bridgehead atoms. The molecule has 1 atom stereocenters. The molecule has 0 aliphatic carbocycles. The molecule has 0 radical (unpaired) electrons. The van der Waals surface area contributed by atoms with Gasteiger partial charge in [0.25, 0.3) is 0 Å². The van der Waals surface area contributed by atoms with Crippen molar-refractivity contribution in [1.82, 2.24) is 4.57 Å². The Bertz CT molecular complexity index is 567. The zero-order chi connectivity index (χ0) is 11.8. The smallest absolute Gasteiger partial charge is 0.337 e. The highest BCUT2D eigenvalue weighted by Gasteiger charge is 2.22. The summed E-state index contributed by atoms with van der Waals surface area (Å²) in [6.07, 6.45) is 3.63. The number of carbonyl (C=O) groups is 1. The van der Waals surface area contributed by atoms with Crippen LogP contribution in [0.1, 0.15) is 29.4 Å². The second-order valence-corrected chi connectivity index (χ2v) is 4.24. The van der Waals surface area contributed by atoms with Crippen LogP contribution >= 0.6 is 0 Å². The fraction of sp³-hybridized carbons (Fsp3) is 0.308. The second kappa shape index (κ2) is 3.89. The van der Waals surface area contributed by atoms with Crippen molar-refractivity contribution in [2.75, 3.05) is 6.61 Å². The van der Waals surface area contributed by atoms with E-state index in [0.29, 0.717) is 5.56 Å². The van der Waals surface area contributed by atoms with Gasteiger partial charge in [-0.15, -0.1) is 0 Å².